The number of rotatable bonds is 3. The Hall–Kier alpha value is -1.20. The Bertz CT molecular complexity index is 542. The van der Waals surface area contributed by atoms with Gasteiger partial charge in [-0.25, -0.2) is 0 Å². The van der Waals surface area contributed by atoms with E-state index in [-0.39, 0.29) is 0 Å². The first-order chi connectivity index (χ1) is 8.83. The molecule has 1 aromatic carbocycles. The third kappa shape index (κ3) is 2.47. The van der Waals surface area contributed by atoms with Crippen LogP contribution in [0.15, 0.2) is 33.4 Å². The molecule has 5 heteroatoms. The summed E-state index contributed by atoms with van der Waals surface area (Å²) in [6.45, 7) is 1.99. The van der Waals surface area contributed by atoms with Crippen LogP contribution in [0.2, 0.25) is 0 Å². The van der Waals surface area contributed by atoms with Crippen LogP contribution in [-0.2, 0) is 6.54 Å². The summed E-state index contributed by atoms with van der Waals surface area (Å²) in [4.78, 5) is 0. The fourth-order valence-corrected chi connectivity index (χ4v) is 3.05. The topological polar surface area (TPSA) is 30.5 Å². The molecule has 0 radical (unpaired) electrons. The third-order valence-electron chi connectivity index (χ3n) is 2.67. The van der Waals surface area contributed by atoms with Crippen LogP contribution in [0.3, 0.4) is 0 Å². The van der Waals surface area contributed by atoms with E-state index in [1.807, 2.05) is 6.07 Å². The number of hydrogen-bond acceptors (Lipinski definition) is 4. The average molecular weight is 326 g/mol. The van der Waals surface area contributed by atoms with Gasteiger partial charge in [0.15, 0.2) is 11.5 Å². The number of thiophene rings is 1. The minimum absolute atomic E-state index is 0.609. The largest absolute Gasteiger partial charge is 0.486 e. The highest BCUT2D eigenvalue weighted by Crippen LogP contribution is 2.38. The minimum Gasteiger partial charge on any atom is -0.486 e. The second kappa shape index (κ2) is 5.20. The van der Waals surface area contributed by atoms with E-state index in [9.17, 15) is 0 Å². The second-order valence-electron chi connectivity index (χ2n) is 3.97. The Balaban J connectivity index is 1.78. The zero-order valence-electron chi connectivity index (χ0n) is 9.61. The van der Waals surface area contributed by atoms with Crippen molar-refractivity contribution in [1.29, 1.82) is 0 Å². The molecule has 2 aromatic rings. The number of hydrogen-bond donors (Lipinski definition) is 1. The quantitative estimate of drug-likeness (QED) is 0.928. The lowest BCUT2D eigenvalue weighted by Gasteiger charge is -2.20. The Morgan fingerprint density at radius 3 is 3.00 bits per heavy atom. The molecular formula is C13H12BrNO2S. The van der Waals surface area contributed by atoms with Crippen molar-refractivity contribution in [3.8, 4) is 11.5 Å². The molecule has 0 fully saturated rings. The van der Waals surface area contributed by atoms with Gasteiger partial charge < -0.3 is 14.8 Å². The highest BCUT2D eigenvalue weighted by Gasteiger charge is 2.16. The summed E-state index contributed by atoms with van der Waals surface area (Å²) < 4.78 is 12.1. The van der Waals surface area contributed by atoms with Crippen LogP contribution < -0.4 is 14.8 Å². The molecule has 3 nitrogen and oxygen atoms in total. The monoisotopic (exact) mass is 325 g/mol. The van der Waals surface area contributed by atoms with Gasteiger partial charge in [-0.15, -0.1) is 0 Å². The first-order valence-corrected chi connectivity index (χ1v) is 7.40. The van der Waals surface area contributed by atoms with E-state index in [2.05, 4.69) is 44.1 Å². The van der Waals surface area contributed by atoms with E-state index < -0.39 is 0 Å². The van der Waals surface area contributed by atoms with Gasteiger partial charge >= 0.3 is 0 Å². The van der Waals surface area contributed by atoms with Crippen LogP contribution in [0.25, 0.3) is 0 Å². The number of fused-ring (bicyclic) bond motifs is 1. The molecule has 18 heavy (non-hydrogen) atoms. The fourth-order valence-electron chi connectivity index (χ4n) is 1.84. The average Bonchev–Trinajstić information content (AvgIpc) is 2.90. The van der Waals surface area contributed by atoms with E-state index in [0.717, 1.165) is 33.8 Å². The first kappa shape index (κ1) is 11.9. The van der Waals surface area contributed by atoms with Gasteiger partial charge in [0.1, 0.15) is 13.2 Å². The zero-order chi connectivity index (χ0) is 12.4. The predicted molar refractivity (Wildman–Crippen MR) is 76.8 cm³/mol. The maximum atomic E-state index is 5.60. The van der Waals surface area contributed by atoms with Crippen LogP contribution in [0, 0.1) is 0 Å². The Kier molecular flexibility index (Phi) is 3.43. The highest BCUT2D eigenvalue weighted by molar-refractivity contribution is 9.10. The summed E-state index contributed by atoms with van der Waals surface area (Å²) in [5.41, 5.74) is 2.31. The van der Waals surface area contributed by atoms with Crippen molar-refractivity contribution in [1.82, 2.24) is 0 Å². The number of halogens is 1. The lowest BCUT2D eigenvalue weighted by molar-refractivity contribution is 0.170. The van der Waals surface area contributed by atoms with E-state index >= 15 is 0 Å². The maximum absolute atomic E-state index is 5.60. The molecule has 2 heterocycles. The van der Waals surface area contributed by atoms with Crippen molar-refractivity contribution in [2.24, 2.45) is 0 Å². The standard InChI is InChI=1S/C13H12BrNO2S/c14-11-5-9(7-15-10-1-4-18-8-10)6-12-13(11)17-3-2-16-12/h1,4-6,8,15H,2-3,7H2. The highest BCUT2D eigenvalue weighted by atomic mass is 79.9. The van der Waals surface area contributed by atoms with Gasteiger partial charge in [-0.2, -0.15) is 11.3 Å². The smallest absolute Gasteiger partial charge is 0.175 e. The van der Waals surface area contributed by atoms with Gasteiger partial charge in [-0.3, -0.25) is 0 Å². The zero-order valence-corrected chi connectivity index (χ0v) is 12.0. The molecule has 0 spiro atoms. The van der Waals surface area contributed by atoms with Crippen LogP contribution in [0.4, 0.5) is 5.69 Å². The van der Waals surface area contributed by atoms with Crippen molar-refractivity contribution in [2.75, 3.05) is 18.5 Å². The fraction of sp³-hybridized carbons (Fsp3) is 0.231. The third-order valence-corrected chi connectivity index (χ3v) is 3.95. The van der Waals surface area contributed by atoms with Crippen LogP contribution in [0.5, 0.6) is 11.5 Å². The molecule has 0 saturated heterocycles. The van der Waals surface area contributed by atoms with Crippen LogP contribution in [0.1, 0.15) is 5.56 Å². The van der Waals surface area contributed by atoms with Gasteiger partial charge in [-0.05, 0) is 45.1 Å². The lowest BCUT2D eigenvalue weighted by atomic mass is 10.2. The molecule has 0 unspecified atom stereocenters. The van der Waals surface area contributed by atoms with E-state index in [0.29, 0.717) is 13.2 Å². The summed E-state index contributed by atoms with van der Waals surface area (Å²) in [5, 5.41) is 7.52. The van der Waals surface area contributed by atoms with Gasteiger partial charge in [0.25, 0.3) is 0 Å². The molecule has 0 bridgehead atoms. The summed E-state index contributed by atoms with van der Waals surface area (Å²) >= 11 is 5.21. The van der Waals surface area contributed by atoms with Crippen LogP contribution >= 0.6 is 27.3 Å². The maximum Gasteiger partial charge on any atom is 0.175 e. The molecule has 0 amide bonds. The van der Waals surface area contributed by atoms with E-state index in [1.165, 1.54) is 0 Å². The van der Waals surface area contributed by atoms with Crippen molar-refractivity contribution in [3.05, 3.63) is 39.0 Å². The van der Waals surface area contributed by atoms with Gasteiger partial charge in [-0.1, -0.05) is 0 Å². The molecule has 1 aliphatic rings. The van der Waals surface area contributed by atoms with Gasteiger partial charge in [0.2, 0.25) is 0 Å². The van der Waals surface area contributed by atoms with Crippen molar-refractivity contribution >= 4 is 33.0 Å². The number of anilines is 1. The molecule has 3 rings (SSSR count). The Labute approximate surface area is 118 Å². The molecule has 94 valence electrons. The SMILES string of the molecule is Brc1cc(CNc2ccsc2)cc2c1OCCO2. The Morgan fingerprint density at radius 2 is 2.17 bits per heavy atom. The van der Waals surface area contributed by atoms with Crippen molar-refractivity contribution < 1.29 is 9.47 Å². The summed E-state index contributed by atoms with van der Waals surface area (Å²) in [6.07, 6.45) is 0. The Morgan fingerprint density at radius 1 is 1.28 bits per heavy atom. The van der Waals surface area contributed by atoms with Crippen LogP contribution in [-0.4, -0.2) is 13.2 Å². The van der Waals surface area contributed by atoms with Gasteiger partial charge in [0.05, 0.1) is 4.47 Å². The first-order valence-electron chi connectivity index (χ1n) is 5.67. The van der Waals surface area contributed by atoms with E-state index in [1.54, 1.807) is 11.3 Å². The number of ether oxygens (including phenoxy) is 2. The summed E-state index contributed by atoms with van der Waals surface area (Å²) in [5.74, 6) is 1.62. The molecule has 1 aliphatic heterocycles. The number of benzene rings is 1. The van der Waals surface area contributed by atoms with Crippen molar-refractivity contribution in [3.63, 3.8) is 0 Å². The summed E-state index contributed by atoms with van der Waals surface area (Å²) in [6, 6.07) is 6.16. The number of nitrogens with one attached hydrogen (secondary N) is 1. The molecule has 0 atom stereocenters. The minimum atomic E-state index is 0.609. The molecule has 0 saturated carbocycles. The normalized spacial score (nSPS) is 13.4. The molecule has 1 aromatic heterocycles. The molecular weight excluding hydrogens is 314 g/mol. The van der Waals surface area contributed by atoms with Gasteiger partial charge in [0, 0.05) is 17.6 Å². The lowest BCUT2D eigenvalue weighted by Crippen LogP contribution is -2.16. The predicted octanol–water partition coefficient (Wildman–Crippen LogP) is 3.89. The molecule has 1 N–H and O–H groups in total. The second-order valence-corrected chi connectivity index (χ2v) is 5.60. The van der Waals surface area contributed by atoms with Crippen molar-refractivity contribution in [2.45, 2.75) is 6.54 Å². The summed E-state index contributed by atoms with van der Waals surface area (Å²) in [7, 11) is 0. The molecule has 0 aliphatic carbocycles. The van der Waals surface area contributed by atoms with E-state index in [4.69, 9.17) is 9.47 Å².